The molecule has 0 rings (SSSR count). The van der Waals surface area contributed by atoms with Crippen molar-refractivity contribution in [2.24, 2.45) is 0 Å². The molecule has 0 saturated heterocycles. The van der Waals surface area contributed by atoms with Crippen LogP contribution in [0.3, 0.4) is 0 Å². The minimum absolute atomic E-state index is 0.00131. The van der Waals surface area contributed by atoms with Gasteiger partial charge < -0.3 is 0 Å². The first kappa shape index (κ1) is 10.3. The predicted molar refractivity (Wildman–Crippen MR) is 44.9 cm³/mol. The van der Waals surface area contributed by atoms with Gasteiger partial charge in [-0.3, -0.25) is 0 Å². The molecule has 0 aromatic carbocycles. The van der Waals surface area contributed by atoms with E-state index < -0.39 is 6.83 Å². The second-order valence-corrected chi connectivity index (χ2v) is 9.64. The van der Waals surface area contributed by atoms with Crippen LogP contribution < -0.4 is 0 Å². The summed E-state index contributed by atoms with van der Waals surface area (Å²) < 4.78 is 0. The molecule has 0 spiro atoms. The summed E-state index contributed by atoms with van der Waals surface area (Å²) in [4.78, 5) is 9.79. The molecule has 0 saturated carbocycles. The van der Waals surface area contributed by atoms with Gasteiger partial charge in [0.1, 0.15) is 0 Å². The van der Waals surface area contributed by atoms with Crippen LogP contribution in [0.1, 0.15) is 0 Å². The average molecular weight is 168 g/mol. The number of aliphatic hydroxyl groups excluding tert-OH is 2. The molecule has 0 aromatic rings. The molecule has 0 bridgehead atoms. The molecular formula is C6H17O3P. The van der Waals surface area contributed by atoms with Gasteiger partial charge in [0.05, 0.1) is 0 Å². The molecule has 0 radical (unpaired) electrons. The van der Waals surface area contributed by atoms with Gasteiger partial charge in [-0.2, -0.15) is 0 Å². The first-order valence-corrected chi connectivity index (χ1v) is 6.81. The minimum atomic E-state index is -2.66. The van der Waals surface area contributed by atoms with Crippen molar-refractivity contribution in [2.75, 3.05) is 38.9 Å². The summed E-state index contributed by atoms with van der Waals surface area (Å²) in [6, 6.07) is 0. The van der Waals surface area contributed by atoms with Gasteiger partial charge in [-0.05, 0) is 0 Å². The maximum absolute atomic E-state index is 9.79. The first-order valence-electron chi connectivity index (χ1n) is 3.36. The van der Waals surface area contributed by atoms with E-state index in [2.05, 4.69) is 0 Å². The van der Waals surface area contributed by atoms with Crippen molar-refractivity contribution in [3.8, 4) is 0 Å². The summed E-state index contributed by atoms with van der Waals surface area (Å²) in [6.45, 7) is 0.839. The van der Waals surface area contributed by atoms with Gasteiger partial charge in [-0.15, -0.1) is 0 Å². The predicted octanol–water partition coefficient (Wildman–Crippen LogP) is -0.309. The molecule has 0 aromatic heterocycles. The second kappa shape index (κ2) is 3.14. The fourth-order valence-corrected chi connectivity index (χ4v) is 2.23. The van der Waals surface area contributed by atoms with Crippen molar-refractivity contribution in [3.63, 3.8) is 0 Å². The molecule has 0 unspecified atom stereocenters. The Morgan fingerprint density at radius 1 is 1.00 bits per heavy atom. The van der Waals surface area contributed by atoms with Crippen LogP contribution in [0.2, 0.25) is 0 Å². The maximum atomic E-state index is 9.79. The normalized spacial score (nSPS) is 16.3. The number of hydrogen-bond acceptors (Lipinski definition) is 3. The molecule has 10 heavy (non-hydrogen) atoms. The van der Waals surface area contributed by atoms with E-state index in [1.165, 1.54) is 0 Å². The molecule has 0 heterocycles. The Balaban J connectivity index is 3.97. The van der Waals surface area contributed by atoms with E-state index in [0.29, 0.717) is 12.3 Å². The zero-order valence-corrected chi connectivity index (χ0v) is 7.51. The molecule has 0 fully saturated rings. The van der Waals surface area contributed by atoms with Crippen molar-refractivity contribution in [1.29, 1.82) is 0 Å². The molecule has 0 amide bonds. The summed E-state index contributed by atoms with van der Waals surface area (Å²) >= 11 is 0. The van der Waals surface area contributed by atoms with Gasteiger partial charge in [0.15, 0.2) is 0 Å². The Morgan fingerprint density at radius 2 is 1.30 bits per heavy atom. The van der Waals surface area contributed by atoms with Crippen LogP contribution in [-0.2, 0) is 0 Å². The third-order valence-electron chi connectivity index (χ3n) is 1.61. The number of rotatable bonds is 4. The molecule has 64 valence electrons. The number of aliphatic hydroxyl groups is 2. The first-order chi connectivity index (χ1) is 4.39. The van der Waals surface area contributed by atoms with Crippen LogP contribution in [0, 0.1) is 0 Å². The molecule has 3 nitrogen and oxygen atoms in total. The van der Waals surface area contributed by atoms with Crippen molar-refractivity contribution in [1.82, 2.24) is 0 Å². The Kier molecular flexibility index (Phi) is 3.24. The zero-order valence-electron chi connectivity index (χ0n) is 6.62. The molecule has 0 aliphatic heterocycles. The van der Waals surface area contributed by atoms with E-state index in [-0.39, 0.29) is 13.2 Å². The van der Waals surface area contributed by atoms with E-state index in [1.54, 1.807) is 13.3 Å². The molecular weight excluding hydrogens is 151 g/mol. The quantitative estimate of drug-likeness (QED) is 0.505. The fraction of sp³-hybridized carbons (Fsp3) is 1.00. The van der Waals surface area contributed by atoms with Gasteiger partial charge in [0, 0.05) is 0 Å². The molecule has 3 N–H and O–H groups in total. The van der Waals surface area contributed by atoms with Crippen molar-refractivity contribution in [2.45, 2.75) is 0 Å². The fourth-order valence-electron chi connectivity index (χ4n) is 0.743. The van der Waals surface area contributed by atoms with Crippen molar-refractivity contribution < 1.29 is 15.1 Å². The van der Waals surface area contributed by atoms with Crippen LogP contribution in [0.15, 0.2) is 0 Å². The van der Waals surface area contributed by atoms with Crippen LogP contribution in [0.4, 0.5) is 0 Å². The van der Waals surface area contributed by atoms with E-state index in [0.717, 1.165) is 0 Å². The van der Waals surface area contributed by atoms with Gasteiger partial charge >= 0.3 is 60.8 Å². The molecule has 0 aliphatic rings. The molecule has 0 aliphatic carbocycles. The Labute approximate surface area is 61.7 Å². The van der Waals surface area contributed by atoms with Crippen molar-refractivity contribution in [3.05, 3.63) is 0 Å². The summed E-state index contributed by atoms with van der Waals surface area (Å²) in [5.41, 5.74) is 0. The molecule has 4 heteroatoms. The topological polar surface area (TPSA) is 60.7 Å². The van der Waals surface area contributed by atoms with E-state index >= 15 is 0 Å². The standard InChI is InChI=1S/C6H17O3P/c1-10(2,9,5-3-7)6-4-8/h7-9H,3-6H2,1-2H3. The third kappa shape index (κ3) is 4.18. The van der Waals surface area contributed by atoms with Gasteiger partial charge in [0.2, 0.25) is 0 Å². The van der Waals surface area contributed by atoms with Crippen LogP contribution in [0.5, 0.6) is 0 Å². The Bertz CT molecular complexity index is 95.3. The van der Waals surface area contributed by atoms with E-state index in [4.69, 9.17) is 10.2 Å². The van der Waals surface area contributed by atoms with Crippen molar-refractivity contribution >= 4 is 6.83 Å². The van der Waals surface area contributed by atoms with Crippen LogP contribution in [0.25, 0.3) is 0 Å². The average Bonchev–Trinajstić information content (AvgIpc) is 1.61. The zero-order chi connectivity index (χ0) is 8.28. The molecule has 0 atom stereocenters. The van der Waals surface area contributed by atoms with Gasteiger partial charge in [-0.25, -0.2) is 0 Å². The second-order valence-electron chi connectivity index (χ2n) is 3.51. The SMILES string of the molecule is CP(C)(O)(CCO)CCO. The summed E-state index contributed by atoms with van der Waals surface area (Å²) in [6.07, 6.45) is 0.846. The summed E-state index contributed by atoms with van der Waals surface area (Å²) in [7, 11) is 0. The third-order valence-corrected chi connectivity index (χ3v) is 4.83. The van der Waals surface area contributed by atoms with Crippen LogP contribution >= 0.6 is 6.83 Å². The Morgan fingerprint density at radius 3 is 1.50 bits per heavy atom. The Hall–Kier alpha value is 0.310. The monoisotopic (exact) mass is 168 g/mol. The van der Waals surface area contributed by atoms with E-state index in [9.17, 15) is 4.89 Å². The van der Waals surface area contributed by atoms with Gasteiger partial charge in [0.25, 0.3) is 0 Å². The van der Waals surface area contributed by atoms with Crippen LogP contribution in [-0.4, -0.2) is 54.0 Å². The van der Waals surface area contributed by atoms with E-state index in [1.807, 2.05) is 0 Å². The van der Waals surface area contributed by atoms with Gasteiger partial charge in [-0.1, -0.05) is 0 Å². The summed E-state index contributed by atoms with van der Waals surface area (Å²) in [5, 5.41) is 17.2. The summed E-state index contributed by atoms with van der Waals surface area (Å²) in [5.74, 6) is 0. The number of hydrogen-bond donors (Lipinski definition) is 3.